The zero-order chi connectivity index (χ0) is 14.8. The molecule has 0 fully saturated rings. The molecular formula is C15H15N3O3. The van der Waals surface area contributed by atoms with Gasteiger partial charge in [-0.2, -0.15) is 4.98 Å². The van der Waals surface area contributed by atoms with Crippen LogP contribution in [0.4, 0.5) is 0 Å². The third-order valence-electron chi connectivity index (χ3n) is 3.36. The lowest BCUT2D eigenvalue weighted by Gasteiger charge is -2.00. The Kier molecular flexibility index (Phi) is 3.43. The molecule has 1 aromatic carbocycles. The number of benzene rings is 1. The van der Waals surface area contributed by atoms with E-state index in [0.717, 1.165) is 16.5 Å². The van der Waals surface area contributed by atoms with Crippen molar-refractivity contribution in [2.24, 2.45) is 0 Å². The number of aryl methyl sites for hydroxylation is 2. The van der Waals surface area contributed by atoms with Crippen molar-refractivity contribution in [1.82, 2.24) is 14.7 Å². The molecule has 0 saturated carbocycles. The number of para-hydroxylation sites is 1. The topological polar surface area (TPSA) is 81.2 Å². The molecule has 0 saturated heterocycles. The van der Waals surface area contributed by atoms with Crippen LogP contribution in [0.25, 0.3) is 10.9 Å². The Hall–Kier alpha value is -2.63. The van der Waals surface area contributed by atoms with Crippen LogP contribution in [0.5, 0.6) is 0 Å². The van der Waals surface area contributed by atoms with Crippen LogP contribution in [-0.4, -0.2) is 25.8 Å². The molecule has 6 heteroatoms. The number of nitrogens with zero attached hydrogens (tertiary/aromatic N) is 3. The summed E-state index contributed by atoms with van der Waals surface area (Å²) in [6, 6.07) is 7.92. The van der Waals surface area contributed by atoms with Gasteiger partial charge < -0.3 is 14.2 Å². The molecule has 21 heavy (non-hydrogen) atoms. The second-order valence-corrected chi connectivity index (χ2v) is 4.92. The van der Waals surface area contributed by atoms with Gasteiger partial charge in [0, 0.05) is 30.4 Å². The summed E-state index contributed by atoms with van der Waals surface area (Å²) in [5, 5.41) is 13.8. The summed E-state index contributed by atoms with van der Waals surface area (Å²) >= 11 is 0. The van der Waals surface area contributed by atoms with E-state index in [0.29, 0.717) is 24.7 Å². The number of aromatic nitrogens is 3. The Morgan fingerprint density at radius 2 is 2.19 bits per heavy atom. The van der Waals surface area contributed by atoms with Crippen LogP contribution in [0.2, 0.25) is 0 Å². The number of carboxylic acids is 1. The fourth-order valence-corrected chi connectivity index (χ4v) is 2.45. The zero-order valence-electron chi connectivity index (χ0n) is 11.6. The van der Waals surface area contributed by atoms with E-state index in [1.807, 2.05) is 35.0 Å². The number of fused-ring (bicyclic) bond motifs is 1. The van der Waals surface area contributed by atoms with Crippen LogP contribution in [0.1, 0.15) is 23.7 Å². The highest BCUT2D eigenvalue weighted by atomic mass is 16.5. The van der Waals surface area contributed by atoms with Gasteiger partial charge in [0.25, 0.3) is 0 Å². The maximum Gasteiger partial charge on any atom is 0.303 e. The number of hydrogen-bond donors (Lipinski definition) is 1. The van der Waals surface area contributed by atoms with Gasteiger partial charge in [0.05, 0.1) is 6.54 Å². The second kappa shape index (κ2) is 5.40. The molecule has 1 N–H and O–H groups in total. The van der Waals surface area contributed by atoms with E-state index in [9.17, 15) is 4.79 Å². The predicted octanol–water partition coefficient (Wildman–Crippen LogP) is 2.40. The summed E-state index contributed by atoms with van der Waals surface area (Å²) in [7, 11) is 0. The standard InChI is InChI=1S/C15H15N3O3/c1-10-16-14(17-21-10)9-18-8-11(6-7-15(19)20)12-4-2-3-5-13(12)18/h2-5,8H,6-7,9H2,1H3,(H,19,20). The first-order valence-electron chi connectivity index (χ1n) is 6.71. The van der Waals surface area contributed by atoms with Gasteiger partial charge in [-0.25, -0.2) is 0 Å². The van der Waals surface area contributed by atoms with Crippen molar-refractivity contribution in [3.05, 3.63) is 47.7 Å². The molecule has 2 heterocycles. The van der Waals surface area contributed by atoms with Crippen LogP contribution in [0.3, 0.4) is 0 Å². The summed E-state index contributed by atoms with van der Waals surface area (Å²) in [6.07, 6.45) is 2.60. The molecule has 0 unspecified atom stereocenters. The molecule has 0 aliphatic rings. The van der Waals surface area contributed by atoms with Gasteiger partial charge in [-0.05, 0) is 18.1 Å². The van der Waals surface area contributed by atoms with Crippen LogP contribution in [-0.2, 0) is 17.8 Å². The Bertz CT molecular complexity index is 788. The summed E-state index contributed by atoms with van der Waals surface area (Å²) in [4.78, 5) is 15.0. The molecule has 0 bridgehead atoms. The van der Waals surface area contributed by atoms with Gasteiger partial charge in [-0.15, -0.1) is 0 Å². The molecule has 0 amide bonds. The largest absolute Gasteiger partial charge is 0.481 e. The number of hydrogen-bond acceptors (Lipinski definition) is 4. The Balaban J connectivity index is 1.96. The minimum absolute atomic E-state index is 0.120. The third-order valence-corrected chi connectivity index (χ3v) is 3.36. The first-order valence-corrected chi connectivity index (χ1v) is 6.71. The molecule has 0 aliphatic heterocycles. The van der Waals surface area contributed by atoms with Crippen molar-refractivity contribution in [1.29, 1.82) is 0 Å². The fourth-order valence-electron chi connectivity index (χ4n) is 2.45. The number of carboxylic acid groups (broad SMARTS) is 1. The van der Waals surface area contributed by atoms with E-state index in [1.54, 1.807) is 6.92 Å². The average Bonchev–Trinajstić information content (AvgIpc) is 3.02. The Labute approximate surface area is 121 Å². The first-order chi connectivity index (χ1) is 10.1. The average molecular weight is 285 g/mol. The van der Waals surface area contributed by atoms with Crippen molar-refractivity contribution < 1.29 is 14.4 Å². The van der Waals surface area contributed by atoms with Crippen molar-refractivity contribution in [3.63, 3.8) is 0 Å². The first kappa shape index (κ1) is 13.4. The minimum atomic E-state index is -0.791. The summed E-state index contributed by atoms with van der Waals surface area (Å²) in [5.74, 6) is 0.353. The van der Waals surface area contributed by atoms with Crippen LogP contribution in [0, 0.1) is 6.92 Å². The lowest BCUT2D eigenvalue weighted by molar-refractivity contribution is -0.136. The summed E-state index contributed by atoms with van der Waals surface area (Å²) < 4.78 is 7.01. The van der Waals surface area contributed by atoms with Crippen LogP contribution >= 0.6 is 0 Å². The SMILES string of the molecule is Cc1nc(Cn2cc(CCC(=O)O)c3ccccc32)no1. The number of rotatable bonds is 5. The van der Waals surface area contributed by atoms with Gasteiger partial charge in [0.2, 0.25) is 5.89 Å². The molecule has 6 nitrogen and oxygen atoms in total. The molecule has 2 aromatic heterocycles. The van der Waals surface area contributed by atoms with Gasteiger partial charge in [-0.3, -0.25) is 4.79 Å². The number of carbonyl (C=O) groups is 1. The fraction of sp³-hybridized carbons (Fsp3) is 0.267. The predicted molar refractivity (Wildman–Crippen MR) is 76.0 cm³/mol. The van der Waals surface area contributed by atoms with E-state index in [-0.39, 0.29) is 6.42 Å². The molecule has 3 aromatic rings. The lowest BCUT2D eigenvalue weighted by atomic mass is 10.1. The third kappa shape index (κ3) is 2.79. The van der Waals surface area contributed by atoms with Crippen molar-refractivity contribution in [2.45, 2.75) is 26.3 Å². The smallest absolute Gasteiger partial charge is 0.303 e. The lowest BCUT2D eigenvalue weighted by Crippen LogP contribution is -2.00. The highest BCUT2D eigenvalue weighted by molar-refractivity contribution is 5.84. The van der Waals surface area contributed by atoms with E-state index >= 15 is 0 Å². The molecule has 108 valence electrons. The maximum absolute atomic E-state index is 10.8. The van der Waals surface area contributed by atoms with Crippen molar-refractivity contribution >= 4 is 16.9 Å². The second-order valence-electron chi connectivity index (χ2n) is 4.92. The van der Waals surface area contributed by atoms with Crippen LogP contribution in [0.15, 0.2) is 35.0 Å². The Morgan fingerprint density at radius 1 is 1.38 bits per heavy atom. The minimum Gasteiger partial charge on any atom is -0.481 e. The quantitative estimate of drug-likeness (QED) is 0.778. The monoisotopic (exact) mass is 285 g/mol. The molecule has 0 spiro atoms. The van der Waals surface area contributed by atoms with Crippen molar-refractivity contribution in [3.8, 4) is 0 Å². The van der Waals surface area contributed by atoms with Gasteiger partial charge >= 0.3 is 5.97 Å². The summed E-state index contributed by atoms with van der Waals surface area (Å²) in [6.45, 7) is 2.26. The summed E-state index contributed by atoms with van der Waals surface area (Å²) in [5.41, 5.74) is 2.06. The van der Waals surface area contributed by atoms with E-state index in [1.165, 1.54) is 0 Å². The van der Waals surface area contributed by atoms with E-state index < -0.39 is 5.97 Å². The molecule has 0 aliphatic carbocycles. The van der Waals surface area contributed by atoms with E-state index in [2.05, 4.69) is 10.1 Å². The zero-order valence-corrected chi connectivity index (χ0v) is 11.6. The number of aliphatic carboxylic acids is 1. The highest BCUT2D eigenvalue weighted by Crippen LogP contribution is 2.23. The highest BCUT2D eigenvalue weighted by Gasteiger charge is 2.11. The normalized spacial score (nSPS) is 11.1. The molecule has 3 rings (SSSR count). The van der Waals surface area contributed by atoms with Gasteiger partial charge in [0.1, 0.15) is 0 Å². The van der Waals surface area contributed by atoms with Crippen molar-refractivity contribution in [2.75, 3.05) is 0 Å². The van der Waals surface area contributed by atoms with E-state index in [4.69, 9.17) is 9.63 Å². The van der Waals surface area contributed by atoms with Gasteiger partial charge in [-0.1, -0.05) is 23.4 Å². The Morgan fingerprint density at radius 3 is 2.90 bits per heavy atom. The maximum atomic E-state index is 10.8. The van der Waals surface area contributed by atoms with Gasteiger partial charge in [0.15, 0.2) is 5.82 Å². The van der Waals surface area contributed by atoms with Crippen LogP contribution < -0.4 is 0 Å². The molecular weight excluding hydrogens is 270 g/mol. The molecule has 0 atom stereocenters. The molecule has 0 radical (unpaired) electrons.